The summed E-state index contributed by atoms with van der Waals surface area (Å²) in [6, 6.07) is 17.7. The maximum absolute atomic E-state index is 11.1. The van der Waals surface area contributed by atoms with Gasteiger partial charge in [-0.1, -0.05) is 30.3 Å². The summed E-state index contributed by atoms with van der Waals surface area (Å²) in [6.07, 6.45) is 2.22. The van der Waals surface area contributed by atoms with E-state index >= 15 is 0 Å². The number of para-hydroxylation sites is 1. The fourth-order valence-electron chi connectivity index (χ4n) is 2.51. The van der Waals surface area contributed by atoms with Crippen molar-refractivity contribution in [2.45, 2.75) is 13.0 Å². The van der Waals surface area contributed by atoms with Crippen LogP contribution < -0.4 is 10.6 Å². The molecule has 0 spiro atoms. The van der Waals surface area contributed by atoms with E-state index in [0.717, 1.165) is 17.9 Å². The third kappa shape index (κ3) is 3.70. The van der Waals surface area contributed by atoms with Crippen molar-refractivity contribution in [1.82, 2.24) is 4.57 Å². The van der Waals surface area contributed by atoms with E-state index in [1.165, 1.54) is 10.9 Å². The van der Waals surface area contributed by atoms with Gasteiger partial charge in [-0.25, -0.2) is 0 Å². The van der Waals surface area contributed by atoms with Gasteiger partial charge in [-0.3, -0.25) is 4.79 Å². The van der Waals surface area contributed by atoms with Gasteiger partial charge >= 0.3 is 5.97 Å². The number of carbonyl (C=O) groups is 1. The van der Waals surface area contributed by atoms with Gasteiger partial charge in [0.2, 0.25) is 0 Å². The third-order valence-corrected chi connectivity index (χ3v) is 3.68. The molecule has 0 amide bonds. The van der Waals surface area contributed by atoms with Crippen molar-refractivity contribution >= 4 is 16.9 Å². The number of hydrogen-bond acceptors (Lipinski definition) is 4. The molecule has 1 aromatic heterocycles. The minimum absolute atomic E-state index is 0.159. The smallest absolute Gasteiger partial charge is 0.328 e. The number of rotatable bonds is 6. The monoisotopic (exact) mass is 310 g/mol. The molecule has 0 aliphatic rings. The molecule has 0 atom stereocenters. The normalized spacial score (nSPS) is 10.7. The van der Waals surface area contributed by atoms with Gasteiger partial charge in [-0.15, -0.1) is 0 Å². The molecule has 118 valence electrons. The molecule has 2 aromatic carbocycles. The first kappa shape index (κ1) is 15.1. The van der Waals surface area contributed by atoms with Gasteiger partial charge < -0.3 is 14.1 Å². The summed E-state index contributed by atoms with van der Waals surface area (Å²) < 4.78 is 7.92. The molecule has 0 aliphatic heterocycles. The Bertz CT molecular complexity index is 793. The van der Waals surface area contributed by atoms with Gasteiger partial charge in [-0.2, -0.15) is 5.90 Å². The van der Waals surface area contributed by atoms with Crippen LogP contribution in [0.1, 0.15) is 5.56 Å². The van der Waals surface area contributed by atoms with Crippen molar-refractivity contribution in [1.29, 1.82) is 0 Å². The van der Waals surface area contributed by atoms with E-state index in [9.17, 15) is 4.79 Å². The van der Waals surface area contributed by atoms with Crippen molar-refractivity contribution in [2.24, 2.45) is 5.90 Å². The van der Waals surface area contributed by atoms with Crippen LogP contribution in [0.2, 0.25) is 0 Å². The maximum atomic E-state index is 11.1. The Hall–Kier alpha value is -2.79. The molecule has 0 radical (unpaired) electrons. The number of aromatic nitrogens is 1. The molecule has 0 saturated heterocycles. The average Bonchev–Trinajstić information content (AvgIpc) is 3.00. The molecule has 2 N–H and O–H groups in total. The number of nitrogens with zero attached hydrogens (tertiary/aromatic N) is 1. The number of fused-ring (bicyclic) bond motifs is 1. The highest BCUT2D eigenvalue weighted by Gasteiger charge is 2.04. The van der Waals surface area contributed by atoms with E-state index in [2.05, 4.69) is 33.8 Å². The molecule has 0 saturated carbocycles. The largest absolute Gasteiger partial charge is 0.492 e. The summed E-state index contributed by atoms with van der Waals surface area (Å²) in [4.78, 5) is 15.2. The third-order valence-electron chi connectivity index (χ3n) is 3.68. The first-order valence-corrected chi connectivity index (χ1v) is 7.41. The van der Waals surface area contributed by atoms with Crippen molar-refractivity contribution in [2.75, 3.05) is 6.61 Å². The highest BCUT2D eigenvalue weighted by atomic mass is 16.7. The molecule has 0 unspecified atom stereocenters. The van der Waals surface area contributed by atoms with Crippen LogP contribution in [0, 0.1) is 0 Å². The lowest BCUT2D eigenvalue weighted by Gasteiger charge is -2.09. The summed E-state index contributed by atoms with van der Waals surface area (Å²) in [6.45, 7) is 1.34. The quantitative estimate of drug-likeness (QED) is 0.711. The van der Waals surface area contributed by atoms with Gasteiger partial charge in [0.25, 0.3) is 0 Å². The van der Waals surface area contributed by atoms with E-state index in [1.807, 2.05) is 36.4 Å². The van der Waals surface area contributed by atoms with Gasteiger partial charge in [0, 0.05) is 11.7 Å². The molecule has 1 heterocycles. The van der Waals surface area contributed by atoms with Crippen molar-refractivity contribution in [3.8, 4) is 5.75 Å². The van der Waals surface area contributed by atoms with E-state index in [0.29, 0.717) is 6.61 Å². The summed E-state index contributed by atoms with van der Waals surface area (Å²) in [5.74, 6) is 5.13. The van der Waals surface area contributed by atoms with Crippen LogP contribution in [0.5, 0.6) is 5.75 Å². The standard InChI is InChI=1S/C18H18N2O3/c19-23-18(21)13-14-5-7-16(8-6-14)22-12-11-20-10-9-15-3-1-2-4-17(15)20/h1-10H,11-13,19H2. The van der Waals surface area contributed by atoms with Crippen molar-refractivity contribution in [3.63, 3.8) is 0 Å². The van der Waals surface area contributed by atoms with Gasteiger partial charge in [0.1, 0.15) is 12.4 Å². The van der Waals surface area contributed by atoms with Crippen LogP contribution in [0.3, 0.4) is 0 Å². The van der Waals surface area contributed by atoms with Crippen molar-refractivity contribution in [3.05, 3.63) is 66.4 Å². The van der Waals surface area contributed by atoms with E-state index in [1.54, 1.807) is 0 Å². The molecule has 23 heavy (non-hydrogen) atoms. The number of benzene rings is 2. The molecule has 0 fully saturated rings. The highest BCUT2D eigenvalue weighted by molar-refractivity contribution is 5.79. The fraction of sp³-hybridized carbons (Fsp3) is 0.167. The second kappa shape index (κ2) is 6.98. The Balaban J connectivity index is 1.55. The lowest BCUT2D eigenvalue weighted by Crippen LogP contribution is -2.12. The zero-order chi connectivity index (χ0) is 16.1. The van der Waals surface area contributed by atoms with Gasteiger partial charge in [-0.05, 0) is 35.2 Å². The minimum Gasteiger partial charge on any atom is -0.492 e. The molecular weight excluding hydrogens is 292 g/mol. The first-order valence-electron chi connectivity index (χ1n) is 7.41. The number of ether oxygens (including phenoxy) is 1. The lowest BCUT2D eigenvalue weighted by atomic mass is 10.1. The van der Waals surface area contributed by atoms with Gasteiger partial charge in [0.15, 0.2) is 0 Å². The fourth-order valence-corrected chi connectivity index (χ4v) is 2.51. The summed E-state index contributed by atoms with van der Waals surface area (Å²) in [5, 5.41) is 1.23. The zero-order valence-corrected chi connectivity index (χ0v) is 12.6. The molecule has 5 nitrogen and oxygen atoms in total. The number of nitrogens with two attached hydrogens (primary N) is 1. The maximum Gasteiger partial charge on any atom is 0.328 e. The number of hydrogen-bond donors (Lipinski definition) is 1. The predicted molar refractivity (Wildman–Crippen MR) is 87.9 cm³/mol. The summed E-state index contributed by atoms with van der Waals surface area (Å²) in [5.41, 5.74) is 2.04. The molecule has 0 aliphatic carbocycles. The van der Waals surface area contributed by atoms with Gasteiger partial charge in [0.05, 0.1) is 13.0 Å². The van der Waals surface area contributed by atoms with Crippen LogP contribution in [0.15, 0.2) is 60.8 Å². The zero-order valence-electron chi connectivity index (χ0n) is 12.6. The van der Waals surface area contributed by atoms with Crippen LogP contribution in [0.4, 0.5) is 0 Å². The van der Waals surface area contributed by atoms with E-state index < -0.39 is 5.97 Å². The predicted octanol–water partition coefficient (Wildman–Crippen LogP) is 2.68. The lowest BCUT2D eigenvalue weighted by molar-refractivity contribution is -0.143. The molecular formula is C18H18N2O3. The topological polar surface area (TPSA) is 66.5 Å². The summed E-state index contributed by atoms with van der Waals surface area (Å²) in [7, 11) is 0. The molecule has 3 aromatic rings. The Kier molecular flexibility index (Phi) is 4.59. The first-order chi connectivity index (χ1) is 11.3. The second-order valence-corrected chi connectivity index (χ2v) is 5.23. The Labute approximate surface area is 134 Å². The van der Waals surface area contributed by atoms with Crippen LogP contribution in [-0.2, 0) is 22.6 Å². The van der Waals surface area contributed by atoms with Crippen molar-refractivity contribution < 1.29 is 14.4 Å². The SMILES string of the molecule is NOC(=O)Cc1ccc(OCCn2ccc3ccccc32)cc1. The molecule has 0 bridgehead atoms. The Morgan fingerprint density at radius 1 is 1.04 bits per heavy atom. The number of carbonyl (C=O) groups excluding carboxylic acids is 1. The van der Waals surface area contributed by atoms with Crippen LogP contribution in [-0.4, -0.2) is 17.1 Å². The second-order valence-electron chi connectivity index (χ2n) is 5.23. The average molecular weight is 310 g/mol. The molecule has 5 heteroatoms. The van der Waals surface area contributed by atoms with E-state index in [4.69, 9.17) is 10.6 Å². The van der Waals surface area contributed by atoms with Crippen LogP contribution >= 0.6 is 0 Å². The van der Waals surface area contributed by atoms with Crippen LogP contribution in [0.25, 0.3) is 10.9 Å². The Morgan fingerprint density at radius 3 is 2.61 bits per heavy atom. The highest BCUT2D eigenvalue weighted by Crippen LogP contribution is 2.16. The minimum atomic E-state index is -0.460. The Morgan fingerprint density at radius 2 is 1.83 bits per heavy atom. The molecule has 3 rings (SSSR count). The summed E-state index contributed by atoms with van der Waals surface area (Å²) >= 11 is 0. The van der Waals surface area contributed by atoms with E-state index in [-0.39, 0.29) is 6.42 Å².